The van der Waals surface area contributed by atoms with E-state index in [1.165, 1.54) is 6.92 Å². The van der Waals surface area contributed by atoms with Crippen LogP contribution in [0.15, 0.2) is 28.8 Å². The number of halogens is 5. The fraction of sp³-hybridized carbons (Fsp3) is 0.375. The molecule has 120 valence electrons. The number of benzene rings is 1. The van der Waals surface area contributed by atoms with Crippen LogP contribution in [0.5, 0.6) is 0 Å². The first-order valence-corrected chi connectivity index (χ1v) is 7.78. The zero-order valence-corrected chi connectivity index (χ0v) is 14.5. The van der Waals surface area contributed by atoms with Gasteiger partial charge in [0, 0.05) is 6.42 Å². The minimum Gasteiger partial charge on any atom is -0.487 e. The van der Waals surface area contributed by atoms with Crippen LogP contribution in [0.3, 0.4) is 0 Å². The summed E-state index contributed by atoms with van der Waals surface area (Å²) in [7, 11) is 0. The molecule has 0 bridgehead atoms. The highest BCUT2D eigenvalue weighted by molar-refractivity contribution is 14.1. The highest BCUT2D eigenvalue weighted by Gasteiger charge is 2.28. The van der Waals surface area contributed by atoms with E-state index in [4.69, 9.17) is 4.74 Å². The second-order valence-electron chi connectivity index (χ2n) is 5.31. The molecule has 0 saturated heterocycles. The van der Waals surface area contributed by atoms with Crippen molar-refractivity contribution in [3.63, 3.8) is 0 Å². The maximum atomic E-state index is 14.1. The molecule has 1 unspecified atom stereocenters. The van der Waals surface area contributed by atoms with Gasteiger partial charge in [0.1, 0.15) is 18.2 Å². The molecule has 0 amide bonds. The number of hydrogen-bond donors (Lipinski definition) is 0. The Labute approximate surface area is 140 Å². The molecule has 1 atom stereocenters. The maximum absolute atomic E-state index is 14.1. The smallest absolute Gasteiger partial charge is 0.167 e. The predicted molar refractivity (Wildman–Crippen MR) is 84.6 cm³/mol. The molecule has 0 aromatic heterocycles. The quantitative estimate of drug-likeness (QED) is 0.345. The Morgan fingerprint density at radius 3 is 2.50 bits per heavy atom. The van der Waals surface area contributed by atoms with Gasteiger partial charge < -0.3 is 4.74 Å². The minimum atomic E-state index is -1.58. The van der Waals surface area contributed by atoms with Gasteiger partial charge in [-0.2, -0.15) is 0 Å². The van der Waals surface area contributed by atoms with Gasteiger partial charge in [-0.1, -0.05) is 5.57 Å². The Morgan fingerprint density at radius 2 is 1.86 bits per heavy atom. The van der Waals surface area contributed by atoms with Gasteiger partial charge in [0.25, 0.3) is 0 Å². The van der Waals surface area contributed by atoms with E-state index in [-0.39, 0.29) is 27.7 Å². The normalized spacial score (nSPS) is 19.0. The summed E-state index contributed by atoms with van der Waals surface area (Å²) in [6.07, 6.45) is -1.52. The first-order valence-electron chi connectivity index (χ1n) is 6.70. The van der Waals surface area contributed by atoms with Crippen molar-refractivity contribution in [1.29, 1.82) is 0 Å². The molecule has 0 N–H and O–H groups in total. The molecule has 1 aliphatic rings. The van der Waals surface area contributed by atoms with E-state index >= 15 is 0 Å². The van der Waals surface area contributed by atoms with Gasteiger partial charge in [0.15, 0.2) is 17.8 Å². The van der Waals surface area contributed by atoms with Crippen LogP contribution in [-0.4, -0.2) is 6.17 Å². The fourth-order valence-corrected chi connectivity index (χ4v) is 2.78. The molecule has 0 saturated carbocycles. The number of ether oxygens (including phenoxy) is 1. The molecule has 0 aliphatic heterocycles. The fourth-order valence-electron chi connectivity index (χ4n) is 2.22. The Kier molecular flexibility index (Phi) is 5.19. The van der Waals surface area contributed by atoms with Gasteiger partial charge >= 0.3 is 0 Å². The Bertz CT molecular complexity index is 679. The molecule has 1 aliphatic carbocycles. The summed E-state index contributed by atoms with van der Waals surface area (Å²) in [5, 5.41) is 0. The third-order valence-corrected chi connectivity index (χ3v) is 4.84. The molecular formula is C16H15F4IO. The second-order valence-corrected chi connectivity index (χ2v) is 6.39. The van der Waals surface area contributed by atoms with Crippen LogP contribution in [-0.2, 0) is 11.3 Å². The van der Waals surface area contributed by atoms with E-state index in [2.05, 4.69) is 0 Å². The maximum Gasteiger partial charge on any atom is 0.167 e. The lowest BCUT2D eigenvalue weighted by atomic mass is 9.96. The molecule has 0 fully saturated rings. The topological polar surface area (TPSA) is 9.23 Å². The van der Waals surface area contributed by atoms with E-state index in [0.717, 1.165) is 6.07 Å². The van der Waals surface area contributed by atoms with Crippen molar-refractivity contribution in [2.45, 2.75) is 40.0 Å². The third-order valence-electron chi connectivity index (χ3n) is 3.85. The number of alkyl halides is 1. The summed E-state index contributed by atoms with van der Waals surface area (Å²) >= 11 is 1.57. The van der Waals surface area contributed by atoms with Crippen LogP contribution in [0.25, 0.3) is 0 Å². The second kappa shape index (κ2) is 6.60. The first kappa shape index (κ1) is 17.3. The highest BCUT2D eigenvalue weighted by Crippen LogP contribution is 2.34. The number of hydrogen-bond acceptors (Lipinski definition) is 1. The van der Waals surface area contributed by atoms with Crippen molar-refractivity contribution < 1.29 is 22.3 Å². The summed E-state index contributed by atoms with van der Waals surface area (Å²) < 4.78 is 60.5. The molecule has 1 nitrogen and oxygen atoms in total. The summed E-state index contributed by atoms with van der Waals surface area (Å²) in [4.78, 5) is 0. The van der Waals surface area contributed by atoms with Crippen molar-refractivity contribution in [3.8, 4) is 0 Å². The van der Waals surface area contributed by atoms with Gasteiger partial charge in [-0.25, -0.2) is 17.6 Å². The molecule has 2 rings (SSSR count). The highest BCUT2D eigenvalue weighted by atomic mass is 127. The van der Waals surface area contributed by atoms with Gasteiger partial charge in [0.05, 0.1) is 3.57 Å². The lowest BCUT2D eigenvalue weighted by Gasteiger charge is -2.22. The van der Waals surface area contributed by atoms with E-state index in [0.29, 0.717) is 11.1 Å². The van der Waals surface area contributed by atoms with Crippen molar-refractivity contribution in [2.24, 2.45) is 0 Å². The van der Waals surface area contributed by atoms with Crippen LogP contribution >= 0.6 is 22.6 Å². The van der Waals surface area contributed by atoms with E-state index in [1.807, 2.05) is 0 Å². The average molecular weight is 426 g/mol. The van der Waals surface area contributed by atoms with Crippen molar-refractivity contribution in [3.05, 3.63) is 55.1 Å². The zero-order chi connectivity index (χ0) is 16.6. The third kappa shape index (κ3) is 3.16. The molecule has 22 heavy (non-hydrogen) atoms. The zero-order valence-electron chi connectivity index (χ0n) is 12.4. The van der Waals surface area contributed by atoms with Gasteiger partial charge in [0.2, 0.25) is 0 Å². The molecule has 0 heterocycles. The van der Waals surface area contributed by atoms with E-state index in [9.17, 15) is 17.6 Å². The molecule has 0 radical (unpaired) electrons. The Morgan fingerprint density at radius 1 is 1.23 bits per heavy atom. The van der Waals surface area contributed by atoms with Crippen molar-refractivity contribution >= 4 is 22.6 Å². The number of allylic oxidation sites excluding steroid dienone is 4. The van der Waals surface area contributed by atoms with E-state index in [1.54, 1.807) is 36.4 Å². The Hall–Kier alpha value is -1.05. The lowest BCUT2D eigenvalue weighted by molar-refractivity contribution is 0.130. The standard InChI is InChI=1S/C16H15F4IO/c1-7-4-12(18)16(14(20)8(7)2)22-6-10-5-11(17)15(21)13(19)9(10)3/h5,12H,4,6H2,1-3H3. The first-order chi connectivity index (χ1) is 10.2. The van der Waals surface area contributed by atoms with Crippen molar-refractivity contribution in [2.75, 3.05) is 0 Å². The molecular weight excluding hydrogens is 411 g/mol. The van der Waals surface area contributed by atoms with Crippen LogP contribution in [0.1, 0.15) is 31.4 Å². The summed E-state index contributed by atoms with van der Waals surface area (Å²) in [5.74, 6) is -2.53. The van der Waals surface area contributed by atoms with Crippen molar-refractivity contribution in [1.82, 2.24) is 0 Å². The largest absolute Gasteiger partial charge is 0.487 e. The molecule has 1 aromatic carbocycles. The number of rotatable bonds is 3. The van der Waals surface area contributed by atoms with Crippen LogP contribution in [0, 0.1) is 22.1 Å². The van der Waals surface area contributed by atoms with Crippen LogP contribution < -0.4 is 0 Å². The van der Waals surface area contributed by atoms with Gasteiger partial charge in [-0.15, -0.1) is 0 Å². The van der Waals surface area contributed by atoms with Gasteiger partial charge in [-0.05, 0) is 66.1 Å². The van der Waals surface area contributed by atoms with Crippen LogP contribution in [0.2, 0.25) is 0 Å². The molecule has 0 spiro atoms. The Balaban J connectivity index is 2.28. The predicted octanol–water partition coefficient (Wildman–Crippen LogP) is 5.65. The monoisotopic (exact) mass is 426 g/mol. The van der Waals surface area contributed by atoms with E-state index < -0.39 is 29.4 Å². The minimum absolute atomic E-state index is 0.0585. The summed E-state index contributed by atoms with van der Waals surface area (Å²) in [6.45, 7) is 4.40. The average Bonchev–Trinajstić information content (AvgIpc) is 2.47. The van der Waals surface area contributed by atoms with Gasteiger partial charge in [-0.3, -0.25) is 0 Å². The molecule has 6 heteroatoms. The molecule has 1 aromatic rings. The summed E-state index contributed by atoms with van der Waals surface area (Å²) in [5.41, 5.74) is 1.41. The SMILES string of the molecule is CC1=C(C)C(F)=C(OCc2cc(F)c(I)c(F)c2C)C(F)C1. The lowest BCUT2D eigenvalue weighted by Crippen LogP contribution is -2.16. The summed E-state index contributed by atoms with van der Waals surface area (Å²) in [6, 6.07) is 1.13. The van der Waals surface area contributed by atoms with Crippen LogP contribution in [0.4, 0.5) is 17.6 Å².